The standard InChI is InChI=1S/C32H23N2.Ir/c1-32(2)26-13-4-6-16-30(26)34-29-15-5-3-12-24(29)25-19-23(20-27(32)31(25)34)21-10-9-11-22(18-21)28-14-7-8-17-33-28;/h3-10,12-20H,1-2H3;/q-1;. The van der Waals surface area contributed by atoms with Crippen molar-refractivity contribution >= 4 is 21.8 Å². The fraction of sp³-hybridized carbons (Fsp3) is 0.0938. The van der Waals surface area contributed by atoms with Gasteiger partial charge in [0, 0.05) is 42.5 Å². The smallest absolute Gasteiger partial charge is 0.0582 e. The quantitative estimate of drug-likeness (QED) is 0.178. The van der Waals surface area contributed by atoms with Gasteiger partial charge in [-0.25, -0.2) is 0 Å². The van der Waals surface area contributed by atoms with Crippen LogP contribution in [0.15, 0.2) is 103 Å². The van der Waals surface area contributed by atoms with Crippen LogP contribution in [0.4, 0.5) is 0 Å². The number of pyridine rings is 1. The fourth-order valence-electron chi connectivity index (χ4n) is 5.65. The molecule has 0 amide bonds. The van der Waals surface area contributed by atoms with Crippen LogP contribution < -0.4 is 0 Å². The second-order valence-corrected chi connectivity index (χ2v) is 9.62. The molecule has 2 aromatic heterocycles. The van der Waals surface area contributed by atoms with Gasteiger partial charge in [-0.2, -0.15) is 0 Å². The molecule has 0 saturated carbocycles. The van der Waals surface area contributed by atoms with E-state index in [2.05, 4.69) is 102 Å². The van der Waals surface area contributed by atoms with E-state index in [-0.39, 0.29) is 25.5 Å². The fourth-order valence-corrected chi connectivity index (χ4v) is 5.65. The van der Waals surface area contributed by atoms with Crippen LogP contribution in [-0.4, -0.2) is 9.55 Å². The van der Waals surface area contributed by atoms with Gasteiger partial charge in [0.15, 0.2) is 0 Å². The predicted molar refractivity (Wildman–Crippen MR) is 140 cm³/mol. The van der Waals surface area contributed by atoms with Crippen molar-refractivity contribution in [2.75, 3.05) is 0 Å². The van der Waals surface area contributed by atoms with E-state index in [9.17, 15) is 0 Å². The van der Waals surface area contributed by atoms with Gasteiger partial charge < -0.3 is 9.55 Å². The van der Waals surface area contributed by atoms with Crippen molar-refractivity contribution < 1.29 is 20.1 Å². The van der Waals surface area contributed by atoms with Gasteiger partial charge in [-0.05, 0) is 52.7 Å². The first-order chi connectivity index (χ1) is 16.6. The topological polar surface area (TPSA) is 17.8 Å². The molecule has 1 aliphatic heterocycles. The molecule has 171 valence electrons. The summed E-state index contributed by atoms with van der Waals surface area (Å²) in [5.74, 6) is 0. The maximum Gasteiger partial charge on any atom is 0.0582 e. The average molecular weight is 628 g/mol. The number of para-hydroxylation sites is 2. The van der Waals surface area contributed by atoms with E-state index >= 15 is 0 Å². The number of nitrogens with zero attached hydrogens (tertiary/aromatic N) is 2. The molecular weight excluding hydrogens is 605 g/mol. The molecule has 1 radical (unpaired) electrons. The van der Waals surface area contributed by atoms with Gasteiger partial charge in [-0.1, -0.05) is 62.4 Å². The van der Waals surface area contributed by atoms with Crippen LogP contribution in [0.2, 0.25) is 0 Å². The monoisotopic (exact) mass is 628 g/mol. The maximum atomic E-state index is 4.53. The Kier molecular flexibility index (Phi) is 5.03. The molecule has 0 saturated heterocycles. The van der Waals surface area contributed by atoms with Crippen molar-refractivity contribution in [2.24, 2.45) is 0 Å². The number of benzene rings is 4. The van der Waals surface area contributed by atoms with Gasteiger partial charge >= 0.3 is 0 Å². The molecule has 7 rings (SSSR count). The largest absolute Gasteiger partial charge is 0.309 e. The van der Waals surface area contributed by atoms with E-state index in [0.717, 1.165) is 11.3 Å². The second-order valence-electron chi connectivity index (χ2n) is 9.62. The van der Waals surface area contributed by atoms with Crippen molar-refractivity contribution in [1.29, 1.82) is 0 Å². The molecule has 6 aromatic rings. The average Bonchev–Trinajstić information content (AvgIpc) is 3.22. The Hall–Kier alpha value is -3.52. The van der Waals surface area contributed by atoms with Crippen molar-refractivity contribution in [3.05, 3.63) is 120 Å². The van der Waals surface area contributed by atoms with Gasteiger partial charge in [-0.15, -0.1) is 35.4 Å². The third-order valence-electron chi connectivity index (χ3n) is 7.34. The van der Waals surface area contributed by atoms with Gasteiger partial charge in [-0.3, -0.25) is 0 Å². The molecule has 1 aliphatic rings. The van der Waals surface area contributed by atoms with Crippen LogP contribution in [-0.2, 0) is 25.5 Å². The van der Waals surface area contributed by atoms with Gasteiger partial charge in [0.1, 0.15) is 0 Å². The Morgan fingerprint density at radius 1 is 0.743 bits per heavy atom. The molecule has 0 atom stereocenters. The van der Waals surface area contributed by atoms with Gasteiger partial charge in [0.2, 0.25) is 0 Å². The summed E-state index contributed by atoms with van der Waals surface area (Å²) in [7, 11) is 0. The van der Waals surface area contributed by atoms with Gasteiger partial charge in [0.05, 0.1) is 16.7 Å². The Labute approximate surface area is 218 Å². The summed E-state index contributed by atoms with van der Waals surface area (Å²) >= 11 is 0. The van der Waals surface area contributed by atoms with Crippen molar-refractivity contribution in [3.8, 4) is 28.1 Å². The zero-order valence-corrected chi connectivity index (χ0v) is 21.9. The number of aromatic nitrogens is 2. The van der Waals surface area contributed by atoms with Crippen LogP contribution in [0.1, 0.15) is 25.0 Å². The molecule has 0 bridgehead atoms. The summed E-state index contributed by atoms with van der Waals surface area (Å²) in [5.41, 5.74) is 10.8. The Balaban J connectivity index is 0.00000229. The molecule has 0 unspecified atom stereocenters. The Morgan fingerprint density at radius 3 is 2.40 bits per heavy atom. The Morgan fingerprint density at radius 2 is 1.54 bits per heavy atom. The first-order valence-electron chi connectivity index (χ1n) is 11.7. The molecule has 4 aromatic carbocycles. The van der Waals surface area contributed by atoms with Crippen LogP contribution in [0.5, 0.6) is 0 Å². The minimum Gasteiger partial charge on any atom is -0.309 e. The van der Waals surface area contributed by atoms with Crippen molar-refractivity contribution in [2.45, 2.75) is 19.3 Å². The van der Waals surface area contributed by atoms with E-state index in [1.54, 1.807) is 0 Å². The minimum atomic E-state index is -0.111. The van der Waals surface area contributed by atoms with Crippen LogP contribution in [0.25, 0.3) is 49.9 Å². The summed E-state index contributed by atoms with van der Waals surface area (Å²) in [6.07, 6.45) is 1.83. The van der Waals surface area contributed by atoms with Gasteiger partial charge in [0.25, 0.3) is 0 Å². The first-order valence-corrected chi connectivity index (χ1v) is 11.7. The predicted octanol–water partition coefficient (Wildman–Crippen LogP) is 7.95. The van der Waals surface area contributed by atoms with Crippen molar-refractivity contribution in [1.82, 2.24) is 9.55 Å². The summed E-state index contributed by atoms with van der Waals surface area (Å²) in [6.45, 7) is 4.70. The van der Waals surface area contributed by atoms with E-state index < -0.39 is 0 Å². The number of hydrogen-bond acceptors (Lipinski definition) is 1. The Bertz CT molecular complexity index is 1730. The SMILES string of the molecule is CC1(C)c2ccccc2-n2c3ccccc3c3cc(-c4cc[c-]c(-c5ccccn5)c4)cc1c32.[Ir]. The van der Waals surface area contributed by atoms with Crippen molar-refractivity contribution in [3.63, 3.8) is 0 Å². The first kappa shape index (κ1) is 22.0. The maximum absolute atomic E-state index is 4.53. The van der Waals surface area contributed by atoms with E-state index in [1.807, 2.05) is 30.5 Å². The number of rotatable bonds is 2. The third kappa shape index (κ3) is 3.16. The summed E-state index contributed by atoms with van der Waals surface area (Å²) < 4.78 is 2.46. The molecule has 0 spiro atoms. The number of fused-ring (bicyclic) bond motifs is 5. The van der Waals surface area contributed by atoms with Crippen LogP contribution >= 0.6 is 0 Å². The zero-order valence-electron chi connectivity index (χ0n) is 19.5. The van der Waals surface area contributed by atoms with E-state index in [4.69, 9.17) is 0 Å². The molecule has 3 heteroatoms. The van der Waals surface area contributed by atoms with E-state index in [1.165, 1.54) is 49.7 Å². The molecule has 2 nitrogen and oxygen atoms in total. The second kappa shape index (κ2) is 8.02. The zero-order chi connectivity index (χ0) is 22.9. The molecule has 0 fully saturated rings. The summed E-state index contributed by atoms with van der Waals surface area (Å²) in [6, 6.07) is 38.1. The molecule has 35 heavy (non-hydrogen) atoms. The number of hydrogen-bond donors (Lipinski definition) is 0. The van der Waals surface area contributed by atoms with Crippen LogP contribution in [0, 0.1) is 6.07 Å². The molecule has 3 heterocycles. The van der Waals surface area contributed by atoms with E-state index in [0.29, 0.717) is 0 Å². The molecular formula is C32H23IrN2-. The van der Waals surface area contributed by atoms with Crippen LogP contribution in [0.3, 0.4) is 0 Å². The molecule has 0 aliphatic carbocycles. The normalized spacial score (nSPS) is 13.4. The third-order valence-corrected chi connectivity index (χ3v) is 7.34. The summed E-state index contributed by atoms with van der Waals surface area (Å²) in [5, 5.41) is 2.60. The summed E-state index contributed by atoms with van der Waals surface area (Å²) in [4.78, 5) is 4.53. The molecule has 0 N–H and O–H groups in total. The minimum absolute atomic E-state index is 0.